The first-order valence-electron chi connectivity index (χ1n) is 6.02. The van der Waals surface area contributed by atoms with Crippen LogP contribution in [0.2, 0.25) is 0 Å². The number of benzene rings is 2. The molecule has 1 nitrogen and oxygen atoms in total. The summed E-state index contributed by atoms with van der Waals surface area (Å²) in [6.07, 6.45) is 0. The van der Waals surface area contributed by atoms with Crippen LogP contribution in [0, 0.1) is 11.6 Å². The standard InChI is InChI=1S/C15H15F2NS/c1-18-10-15(11-5-3-2-4-6-11)19-12-7-8-13(16)14(17)9-12/h2-9,15,18H,10H2,1H3. The number of rotatable bonds is 5. The van der Waals surface area contributed by atoms with Gasteiger partial charge < -0.3 is 5.32 Å². The predicted molar refractivity (Wildman–Crippen MR) is 75.3 cm³/mol. The van der Waals surface area contributed by atoms with Crippen molar-refractivity contribution in [2.75, 3.05) is 13.6 Å². The molecular weight excluding hydrogens is 264 g/mol. The third-order valence-electron chi connectivity index (χ3n) is 2.73. The smallest absolute Gasteiger partial charge is 0.159 e. The molecule has 2 aromatic carbocycles. The molecule has 0 spiro atoms. The molecule has 0 bridgehead atoms. The molecule has 0 saturated heterocycles. The third-order valence-corrected chi connectivity index (χ3v) is 3.98. The van der Waals surface area contributed by atoms with Gasteiger partial charge >= 0.3 is 0 Å². The fraction of sp³-hybridized carbons (Fsp3) is 0.200. The van der Waals surface area contributed by atoms with E-state index in [4.69, 9.17) is 0 Å². The molecule has 0 aliphatic rings. The van der Waals surface area contributed by atoms with Crippen LogP contribution in [0.1, 0.15) is 10.8 Å². The monoisotopic (exact) mass is 279 g/mol. The number of likely N-dealkylation sites (N-methyl/N-ethyl adjacent to an activating group) is 1. The van der Waals surface area contributed by atoms with Crippen molar-refractivity contribution >= 4 is 11.8 Å². The number of hydrogen-bond donors (Lipinski definition) is 1. The van der Waals surface area contributed by atoms with Gasteiger partial charge in [-0.3, -0.25) is 0 Å². The van der Waals surface area contributed by atoms with E-state index in [1.807, 2.05) is 37.4 Å². The van der Waals surface area contributed by atoms with Gasteiger partial charge in [0.1, 0.15) is 0 Å². The maximum Gasteiger partial charge on any atom is 0.159 e. The van der Waals surface area contributed by atoms with Crippen LogP contribution in [0.5, 0.6) is 0 Å². The molecule has 0 aliphatic carbocycles. The summed E-state index contributed by atoms with van der Waals surface area (Å²) in [6, 6.07) is 14.0. The van der Waals surface area contributed by atoms with Crippen molar-refractivity contribution in [2.24, 2.45) is 0 Å². The van der Waals surface area contributed by atoms with Crippen molar-refractivity contribution in [1.82, 2.24) is 5.32 Å². The van der Waals surface area contributed by atoms with Gasteiger partial charge in [-0.2, -0.15) is 0 Å². The van der Waals surface area contributed by atoms with Crippen molar-refractivity contribution in [2.45, 2.75) is 10.1 Å². The van der Waals surface area contributed by atoms with Crippen molar-refractivity contribution < 1.29 is 8.78 Å². The van der Waals surface area contributed by atoms with Gasteiger partial charge in [0, 0.05) is 16.7 Å². The second kappa shape index (κ2) is 6.68. The van der Waals surface area contributed by atoms with Crippen LogP contribution in [0.15, 0.2) is 53.4 Å². The Hall–Kier alpha value is -1.39. The van der Waals surface area contributed by atoms with Gasteiger partial charge in [-0.15, -0.1) is 11.8 Å². The van der Waals surface area contributed by atoms with Gasteiger partial charge in [-0.1, -0.05) is 30.3 Å². The van der Waals surface area contributed by atoms with E-state index < -0.39 is 11.6 Å². The van der Waals surface area contributed by atoms with E-state index in [9.17, 15) is 8.78 Å². The lowest BCUT2D eigenvalue weighted by molar-refractivity contribution is 0.506. The van der Waals surface area contributed by atoms with Crippen molar-refractivity contribution in [1.29, 1.82) is 0 Å². The summed E-state index contributed by atoms with van der Waals surface area (Å²) in [6.45, 7) is 0.758. The quantitative estimate of drug-likeness (QED) is 0.830. The largest absolute Gasteiger partial charge is 0.318 e. The molecule has 1 N–H and O–H groups in total. The Morgan fingerprint density at radius 1 is 1.05 bits per heavy atom. The minimum Gasteiger partial charge on any atom is -0.318 e. The second-order valence-corrected chi connectivity index (χ2v) is 5.43. The van der Waals surface area contributed by atoms with E-state index in [0.717, 1.165) is 17.0 Å². The summed E-state index contributed by atoms with van der Waals surface area (Å²) in [5.74, 6) is -1.62. The summed E-state index contributed by atoms with van der Waals surface area (Å²) >= 11 is 1.52. The molecule has 0 amide bonds. The molecule has 100 valence electrons. The highest BCUT2D eigenvalue weighted by atomic mass is 32.2. The summed E-state index contributed by atoms with van der Waals surface area (Å²) in [5.41, 5.74) is 1.16. The zero-order chi connectivity index (χ0) is 13.7. The third kappa shape index (κ3) is 3.78. The van der Waals surface area contributed by atoms with Gasteiger partial charge in [0.05, 0.1) is 0 Å². The van der Waals surface area contributed by atoms with Crippen molar-refractivity contribution in [3.63, 3.8) is 0 Å². The van der Waals surface area contributed by atoms with Crippen LogP contribution in [0.25, 0.3) is 0 Å². The fourth-order valence-electron chi connectivity index (χ4n) is 1.80. The molecule has 2 aromatic rings. The molecule has 0 aliphatic heterocycles. The van der Waals surface area contributed by atoms with Crippen LogP contribution in [0.4, 0.5) is 8.78 Å². The SMILES string of the molecule is CNCC(Sc1ccc(F)c(F)c1)c1ccccc1. The second-order valence-electron chi connectivity index (χ2n) is 4.15. The van der Waals surface area contributed by atoms with Crippen LogP contribution in [0.3, 0.4) is 0 Å². The highest BCUT2D eigenvalue weighted by molar-refractivity contribution is 7.99. The molecule has 1 atom stereocenters. The lowest BCUT2D eigenvalue weighted by Crippen LogP contribution is -2.14. The predicted octanol–water partition coefficient (Wildman–Crippen LogP) is 4.02. The normalized spacial score (nSPS) is 12.4. The average Bonchev–Trinajstić information content (AvgIpc) is 2.43. The first-order chi connectivity index (χ1) is 9.20. The first-order valence-corrected chi connectivity index (χ1v) is 6.90. The Morgan fingerprint density at radius 3 is 2.42 bits per heavy atom. The molecule has 0 saturated carbocycles. The van der Waals surface area contributed by atoms with Crippen molar-refractivity contribution in [3.8, 4) is 0 Å². The molecule has 19 heavy (non-hydrogen) atoms. The lowest BCUT2D eigenvalue weighted by atomic mass is 10.1. The van der Waals surface area contributed by atoms with Gasteiger partial charge in [-0.05, 0) is 30.8 Å². The van der Waals surface area contributed by atoms with E-state index >= 15 is 0 Å². The topological polar surface area (TPSA) is 12.0 Å². The molecule has 1 unspecified atom stereocenters. The Kier molecular flexibility index (Phi) is 4.93. The molecule has 0 heterocycles. The highest BCUT2D eigenvalue weighted by Crippen LogP contribution is 2.35. The summed E-state index contributed by atoms with van der Waals surface area (Å²) < 4.78 is 26.1. The Labute approximate surface area is 116 Å². The highest BCUT2D eigenvalue weighted by Gasteiger charge is 2.13. The molecule has 0 fully saturated rings. The molecular formula is C15H15F2NS. The van der Waals surface area contributed by atoms with E-state index in [1.165, 1.54) is 23.9 Å². The van der Waals surface area contributed by atoms with E-state index in [-0.39, 0.29) is 5.25 Å². The lowest BCUT2D eigenvalue weighted by Gasteiger charge is -2.16. The van der Waals surface area contributed by atoms with Crippen LogP contribution >= 0.6 is 11.8 Å². The van der Waals surface area contributed by atoms with Gasteiger partial charge in [-0.25, -0.2) is 8.78 Å². The number of thioether (sulfide) groups is 1. The maximum atomic E-state index is 13.2. The molecule has 0 radical (unpaired) electrons. The Bertz CT molecular complexity index is 531. The summed E-state index contributed by atoms with van der Waals surface area (Å²) in [4.78, 5) is 0.725. The van der Waals surface area contributed by atoms with Crippen LogP contribution in [-0.4, -0.2) is 13.6 Å². The van der Waals surface area contributed by atoms with Gasteiger partial charge in [0.15, 0.2) is 11.6 Å². The first kappa shape index (κ1) is 14.0. The molecule has 4 heteroatoms. The molecule has 0 aromatic heterocycles. The number of nitrogens with one attached hydrogen (secondary N) is 1. The van der Waals surface area contributed by atoms with Gasteiger partial charge in [0.25, 0.3) is 0 Å². The minimum absolute atomic E-state index is 0.163. The van der Waals surface area contributed by atoms with Crippen LogP contribution < -0.4 is 5.32 Å². The minimum atomic E-state index is -0.811. The Balaban J connectivity index is 2.19. The maximum absolute atomic E-state index is 13.2. The van der Waals surface area contributed by atoms with Crippen LogP contribution in [-0.2, 0) is 0 Å². The van der Waals surface area contributed by atoms with Gasteiger partial charge in [0.2, 0.25) is 0 Å². The zero-order valence-electron chi connectivity index (χ0n) is 10.6. The van der Waals surface area contributed by atoms with E-state index in [0.29, 0.717) is 0 Å². The van der Waals surface area contributed by atoms with E-state index in [1.54, 1.807) is 6.07 Å². The van der Waals surface area contributed by atoms with E-state index in [2.05, 4.69) is 5.32 Å². The Morgan fingerprint density at radius 2 is 1.79 bits per heavy atom. The molecule has 2 rings (SSSR count). The van der Waals surface area contributed by atoms with Crippen molar-refractivity contribution in [3.05, 3.63) is 65.7 Å². The number of halogens is 2. The zero-order valence-corrected chi connectivity index (χ0v) is 11.4. The summed E-state index contributed by atoms with van der Waals surface area (Å²) in [5, 5.41) is 3.29. The number of hydrogen-bond acceptors (Lipinski definition) is 2. The average molecular weight is 279 g/mol. The fourth-order valence-corrected chi connectivity index (χ4v) is 2.98. The summed E-state index contributed by atoms with van der Waals surface area (Å²) in [7, 11) is 1.88.